The Morgan fingerprint density at radius 2 is 1.36 bits per heavy atom. The van der Waals surface area contributed by atoms with E-state index in [2.05, 4.69) is 11.7 Å². The van der Waals surface area contributed by atoms with E-state index in [4.69, 9.17) is 15.3 Å². The maximum Gasteiger partial charge on any atom is 0.0698 e. The molecule has 0 aliphatic rings. The van der Waals surface area contributed by atoms with Crippen molar-refractivity contribution in [1.29, 1.82) is 0 Å². The minimum atomic E-state index is 0.0278. The van der Waals surface area contributed by atoms with E-state index in [0.717, 1.165) is 6.42 Å². The molecule has 0 fully saturated rings. The maximum absolute atomic E-state index is 8.29. The second kappa shape index (κ2) is 18.6. The molecular weight excluding hydrogens is 184 g/mol. The van der Waals surface area contributed by atoms with Crippen LogP contribution in [0, 0.1) is 0 Å². The van der Waals surface area contributed by atoms with Crippen LogP contribution < -0.4 is 0 Å². The van der Waals surface area contributed by atoms with E-state index in [1.165, 1.54) is 19.3 Å². The lowest BCUT2D eigenvalue weighted by Gasteiger charge is -1.94. The van der Waals surface area contributed by atoms with Gasteiger partial charge >= 0.3 is 0 Å². The summed E-state index contributed by atoms with van der Waals surface area (Å²) in [7, 11) is 0. The van der Waals surface area contributed by atoms with Crippen LogP contribution in [-0.2, 0) is 4.74 Å². The summed E-state index contributed by atoms with van der Waals surface area (Å²) in [6, 6.07) is 0. The average molecular weight is 208 g/mol. The van der Waals surface area contributed by atoms with E-state index in [-0.39, 0.29) is 13.2 Å². The highest BCUT2D eigenvalue weighted by molar-refractivity contribution is 4.35. The minimum Gasteiger partial charge on any atom is -0.396 e. The van der Waals surface area contributed by atoms with Crippen LogP contribution in [-0.4, -0.2) is 48.4 Å². The number of aliphatic hydroxyl groups excluding tert-OH is 3. The maximum atomic E-state index is 8.29. The molecular formula is C10H24O4. The largest absolute Gasteiger partial charge is 0.396 e. The molecule has 0 bridgehead atoms. The summed E-state index contributed by atoms with van der Waals surface area (Å²) in [5.41, 5.74) is 0. The van der Waals surface area contributed by atoms with Crippen molar-refractivity contribution in [2.24, 2.45) is 0 Å². The van der Waals surface area contributed by atoms with Gasteiger partial charge in [0.25, 0.3) is 0 Å². The summed E-state index contributed by atoms with van der Waals surface area (Å²) >= 11 is 0. The number of ether oxygens (including phenoxy) is 1. The molecule has 14 heavy (non-hydrogen) atoms. The second-order valence-electron chi connectivity index (χ2n) is 2.84. The van der Waals surface area contributed by atoms with Crippen molar-refractivity contribution in [2.75, 3.05) is 33.0 Å². The fourth-order valence-electron chi connectivity index (χ4n) is 0.770. The molecule has 0 saturated carbocycles. The van der Waals surface area contributed by atoms with E-state index < -0.39 is 0 Å². The average Bonchev–Trinajstić information content (AvgIpc) is 2.21. The zero-order chi connectivity index (χ0) is 11.1. The zero-order valence-corrected chi connectivity index (χ0v) is 9.11. The smallest absolute Gasteiger partial charge is 0.0698 e. The van der Waals surface area contributed by atoms with Gasteiger partial charge in [-0.3, -0.25) is 0 Å². The van der Waals surface area contributed by atoms with Crippen LogP contribution in [0.2, 0.25) is 0 Å². The van der Waals surface area contributed by atoms with E-state index >= 15 is 0 Å². The zero-order valence-electron chi connectivity index (χ0n) is 9.11. The molecule has 0 spiro atoms. The monoisotopic (exact) mass is 208 g/mol. The van der Waals surface area contributed by atoms with Crippen LogP contribution in [0.3, 0.4) is 0 Å². The van der Waals surface area contributed by atoms with Crippen LogP contribution in [0.1, 0.15) is 32.6 Å². The van der Waals surface area contributed by atoms with Gasteiger partial charge in [0.2, 0.25) is 0 Å². The lowest BCUT2D eigenvalue weighted by atomic mass is 10.2. The van der Waals surface area contributed by atoms with Gasteiger partial charge in [0, 0.05) is 6.61 Å². The number of hydrogen-bond donors (Lipinski definition) is 3. The molecule has 3 N–H and O–H groups in total. The fourth-order valence-corrected chi connectivity index (χ4v) is 0.770. The SMILES string of the molecule is CCCCCCO.OCCOCCO. The molecule has 0 aromatic carbocycles. The molecule has 0 rings (SSSR count). The normalized spacial score (nSPS) is 9.43. The summed E-state index contributed by atoms with van der Waals surface area (Å²) in [5, 5.41) is 24.5. The predicted molar refractivity (Wildman–Crippen MR) is 56.2 cm³/mol. The van der Waals surface area contributed by atoms with Crippen LogP contribution >= 0.6 is 0 Å². The molecule has 0 heterocycles. The van der Waals surface area contributed by atoms with E-state index in [1.807, 2.05) is 0 Å². The van der Waals surface area contributed by atoms with E-state index in [0.29, 0.717) is 19.8 Å². The van der Waals surface area contributed by atoms with E-state index in [1.54, 1.807) is 0 Å². The van der Waals surface area contributed by atoms with Gasteiger partial charge in [-0.25, -0.2) is 0 Å². The molecule has 0 saturated heterocycles. The lowest BCUT2D eigenvalue weighted by Crippen LogP contribution is -2.03. The van der Waals surface area contributed by atoms with Crippen molar-refractivity contribution in [3.63, 3.8) is 0 Å². The fraction of sp³-hybridized carbons (Fsp3) is 1.00. The Morgan fingerprint density at radius 3 is 1.71 bits per heavy atom. The first-order valence-corrected chi connectivity index (χ1v) is 5.23. The van der Waals surface area contributed by atoms with Gasteiger partial charge in [-0.15, -0.1) is 0 Å². The van der Waals surface area contributed by atoms with Crippen molar-refractivity contribution in [3.05, 3.63) is 0 Å². The Hall–Kier alpha value is -0.160. The van der Waals surface area contributed by atoms with Crippen LogP contribution in [0.15, 0.2) is 0 Å². The highest BCUT2D eigenvalue weighted by Gasteiger charge is 1.81. The Labute approximate surface area is 86.5 Å². The summed E-state index contributed by atoms with van der Waals surface area (Å²) in [4.78, 5) is 0. The first-order valence-electron chi connectivity index (χ1n) is 5.23. The second-order valence-corrected chi connectivity index (χ2v) is 2.84. The summed E-state index contributed by atoms with van der Waals surface area (Å²) < 4.78 is 4.63. The van der Waals surface area contributed by atoms with Crippen LogP contribution in [0.5, 0.6) is 0 Å². The molecule has 0 aliphatic carbocycles. The predicted octanol–water partition coefficient (Wildman–Crippen LogP) is 0.547. The van der Waals surface area contributed by atoms with Gasteiger partial charge in [0.15, 0.2) is 0 Å². The van der Waals surface area contributed by atoms with Gasteiger partial charge in [0.05, 0.1) is 26.4 Å². The molecule has 4 nitrogen and oxygen atoms in total. The summed E-state index contributed by atoms with van der Waals surface area (Å²) in [5.74, 6) is 0. The molecule has 0 aliphatic heterocycles. The Balaban J connectivity index is 0. The topological polar surface area (TPSA) is 69.9 Å². The molecule has 4 heteroatoms. The van der Waals surface area contributed by atoms with Crippen molar-refractivity contribution >= 4 is 0 Å². The number of hydrogen-bond acceptors (Lipinski definition) is 4. The Kier molecular flexibility index (Phi) is 21.6. The van der Waals surface area contributed by atoms with Crippen molar-refractivity contribution in [2.45, 2.75) is 32.6 Å². The highest BCUT2D eigenvalue weighted by atomic mass is 16.5. The molecule has 88 valence electrons. The summed E-state index contributed by atoms with van der Waals surface area (Å²) in [6.45, 7) is 3.22. The molecule has 0 unspecified atom stereocenters. The van der Waals surface area contributed by atoms with Crippen LogP contribution in [0.4, 0.5) is 0 Å². The first kappa shape index (κ1) is 16.3. The first-order chi connectivity index (χ1) is 6.83. The highest BCUT2D eigenvalue weighted by Crippen LogP contribution is 1.96. The van der Waals surface area contributed by atoms with Crippen molar-refractivity contribution < 1.29 is 20.1 Å². The van der Waals surface area contributed by atoms with Gasteiger partial charge in [-0.2, -0.15) is 0 Å². The third-order valence-electron chi connectivity index (χ3n) is 1.48. The quantitative estimate of drug-likeness (QED) is 0.509. The molecule has 0 aromatic rings. The van der Waals surface area contributed by atoms with Gasteiger partial charge in [-0.05, 0) is 6.42 Å². The number of unbranched alkanes of at least 4 members (excludes halogenated alkanes) is 3. The molecule has 0 atom stereocenters. The third kappa shape index (κ3) is 22.6. The van der Waals surface area contributed by atoms with Crippen molar-refractivity contribution in [1.82, 2.24) is 0 Å². The number of rotatable bonds is 8. The van der Waals surface area contributed by atoms with E-state index in [9.17, 15) is 0 Å². The standard InChI is InChI=1S/C6H14O.C4H10O3/c1-2-3-4-5-6-7;5-1-3-7-4-2-6/h7H,2-6H2,1H3;5-6H,1-4H2. The van der Waals surface area contributed by atoms with Gasteiger partial charge in [0.1, 0.15) is 0 Å². The summed E-state index contributed by atoms with van der Waals surface area (Å²) in [6.07, 6.45) is 4.68. The lowest BCUT2D eigenvalue weighted by molar-refractivity contribution is 0.0650. The number of aliphatic hydroxyl groups is 3. The third-order valence-corrected chi connectivity index (χ3v) is 1.48. The Bertz CT molecular complexity index is 60.5. The Morgan fingerprint density at radius 1 is 0.786 bits per heavy atom. The molecule has 0 amide bonds. The van der Waals surface area contributed by atoms with Crippen molar-refractivity contribution in [3.8, 4) is 0 Å². The molecule has 0 radical (unpaired) electrons. The van der Waals surface area contributed by atoms with Gasteiger partial charge < -0.3 is 20.1 Å². The van der Waals surface area contributed by atoms with Crippen LogP contribution in [0.25, 0.3) is 0 Å². The minimum absolute atomic E-state index is 0.0278. The molecule has 0 aromatic heterocycles. The van der Waals surface area contributed by atoms with Gasteiger partial charge in [-0.1, -0.05) is 26.2 Å².